The van der Waals surface area contributed by atoms with Crippen LogP contribution in [0.2, 0.25) is 0 Å². The molecule has 0 radical (unpaired) electrons. The lowest BCUT2D eigenvalue weighted by atomic mass is 9.89. The molecule has 0 atom stereocenters. The van der Waals surface area contributed by atoms with Gasteiger partial charge in [0.2, 0.25) is 0 Å². The van der Waals surface area contributed by atoms with Crippen LogP contribution in [0.3, 0.4) is 0 Å². The van der Waals surface area contributed by atoms with Gasteiger partial charge in [0, 0.05) is 25.5 Å². The van der Waals surface area contributed by atoms with Gasteiger partial charge in [0.1, 0.15) is 0 Å². The summed E-state index contributed by atoms with van der Waals surface area (Å²) in [6.45, 7) is 3.02. The highest BCUT2D eigenvalue weighted by Crippen LogP contribution is 2.29. The molecular weight excluding hydrogens is 324 g/mol. The minimum atomic E-state index is 0.642. The van der Waals surface area contributed by atoms with Crippen molar-refractivity contribution in [2.24, 2.45) is 0 Å². The number of hydrogen-bond acceptors (Lipinski definition) is 5. The van der Waals surface area contributed by atoms with E-state index in [-0.39, 0.29) is 0 Å². The molecule has 0 amide bonds. The van der Waals surface area contributed by atoms with E-state index in [1.165, 1.54) is 24.1 Å². The maximum atomic E-state index is 4.31. The van der Waals surface area contributed by atoms with Gasteiger partial charge in [-0.25, -0.2) is 9.67 Å². The molecule has 0 unspecified atom stereocenters. The smallest absolute Gasteiger partial charge is 0.155 e. The molecule has 1 aliphatic rings. The van der Waals surface area contributed by atoms with Crippen LogP contribution in [-0.2, 0) is 6.54 Å². The fourth-order valence-electron chi connectivity index (χ4n) is 3.57. The molecule has 1 aliphatic heterocycles. The van der Waals surface area contributed by atoms with Gasteiger partial charge in [-0.15, -0.1) is 5.10 Å². The van der Waals surface area contributed by atoms with Gasteiger partial charge in [-0.05, 0) is 61.7 Å². The summed E-state index contributed by atoms with van der Waals surface area (Å²) in [4.78, 5) is 6.77. The van der Waals surface area contributed by atoms with Crippen molar-refractivity contribution in [1.82, 2.24) is 24.9 Å². The van der Waals surface area contributed by atoms with Crippen LogP contribution in [0.5, 0.6) is 0 Å². The molecule has 1 fully saturated rings. The molecule has 4 rings (SSSR count). The third kappa shape index (κ3) is 3.75. The molecule has 6 nitrogen and oxygen atoms in total. The van der Waals surface area contributed by atoms with Crippen LogP contribution >= 0.6 is 0 Å². The summed E-state index contributed by atoms with van der Waals surface area (Å²) in [7, 11) is 1.97. The molecule has 134 valence electrons. The molecule has 1 aromatic carbocycles. The number of nitrogens with one attached hydrogen (secondary N) is 1. The van der Waals surface area contributed by atoms with E-state index in [0.717, 1.165) is 31.1 Å². The molecule has 0 saturated carbocycles. The van der Waals surface area contributed by atoms with Crippen LogP contribution in [0.25, 0.3) is 5.82 Å². The lowest BCUT2D eigenvalue weighted by Crippen LogP contribution is -2.32. The molecule has 1 saturated heterocycles. The quantitative estimate of drug-likeness (QED) is 0.768. The standard InChI is InChI=1S/C20H24N6/c1-21-18-6-4-5-17(13-18)16-8-11-25(12-9-16)14-19-15-26(24-23-19)20-7-2-3-10-22-20/h2-7,10,13,15-16,21H,8-9,11-12,14H2,1H3. The van der Waals surface area contributed by atoms with Gasteiger partial charge in [0.15, 0.2) is 5.82 Å². The Kier molecular flexibility index (Phi) is 4.93. The Hall–Kier alpha value is -2.73. The van der Waals surface area contributed by atoms with Gasteiger partial charge in [-0.2, -0.15) is 0 Å². The number of aromatic nitrogens is 4. The van der Waals surface area contributed by atoms with Gasteiger partial charge >= 0.3 is 0 Å². The molecule has 3 aromatic rings. The van der Waals surface area contributed by atoms with Gasteiger partial charge in [0.05, 0.1) is 11.9 Å². The minimum absolute atomic E-state index is 0.642. The summed E-state index contributed by atoms with van der Waals surface area (Å²) < 4.78 is 1.74. The predicted molar refractivity (Wildman–Crippen MR) is 102 cm³/mol. The number of piperidine rings is 1. The van der Waals surface area contributed by atoms with Crippen molar-refractivity contribution in [1.29, 1.82) is 0 Å². The van der Waals surface area contributed by atoms with E-state index >= 15 is 0 Å². The van der Waals surface area contributed by atoms with E-state index in [1.807, 2.05) is 31.4 Å². The maximum absolute atomic E-state index is 4.31. The van der Waals surface area contributed by atoms with Crippen molar-refractivity contribution in [2.75, 3.05) is 25.5 Å². The van der Waals surface area contributed by atoms with E-state index in [9.17, 15) is 0 Å². The lowest BCUT2D eigenvalue weighted by molar-refractivity contribution is 0.202. The third-order valence-electron chi connectivity index (χ3n) is 5.04. The van der Waals surface area contributed by atoms with Crippen molar-refractivity contribution in [3.63, 3.8) is 0 Å². The summed E-state index contributed by atoms with van der Waals surface area (Å²) >= 11 is 0. The number of pyridine rings is 1. The van der Waals surface area contributed by atoms with E-state index in [2.05, 4.69) is 49.8 Å². The highest BCUT2D eigenvalue weighted by molar-refractivity contribution is 5.46. The number of hydrogen-bond donors (Lipinski definition) is 1. The van der Waals surface area contributed by atoms with E-state index in [1.54, 1.807) is 10.9 Å². The Bertz CT molecular complexity index is 836. The number of nitrogens with zero attached hydrogens (tertiary/aromatic N) is 5. The van der Waals surface area contributed by atoms with Crippen molar-refractivity contribution >= 4 is 5.69 Å². The number of rotatable bonds is 5. The van der Waals surface area contributed by atoms with Crippen LogP contribution < -0.4 is 5.32 Å². The lowest BCUT2D eigenvalue weighted by Gasteiger charge is -2.31. The van der Waals surface area contributed by atoms with Crippen molar-refractivity contribution in [3.05, 3.63) is 66.1 Å². The van der Waals surface area contributed by atoms with Crippen molar-refractivity contribution < 1.29 is 0 Å². The van der Waals surface area contributed by atoms with E-state index in [0.29, 0.717) is 5.92 Å². The average molecular weight is 348 g/mol. The highest BCUT2D eigenvalue weighted by Gasteiger charge is 2.21. The summed E-state index contributed by atoms with van der Waals surface area (Å²) in [6, 6.07) is 14.6. The third-order valence-corrected chi connectivity index (χ3v) is 5.04. The Labute approximate surface area is 153 Å². The van der Waals surface area contributed by atoms with Crippen LogP contribution in [0.15, 0.2) is 54.9 Å². The molecule has 0 spiro atoms. The fourth-order valence-corrected chi connectivity index (χ4v) is 3.57. The first-order valence-corrected chi connectivity index (χ1v) is 9.14. The van der Waals surface area contributed by atoms with Gasteiger partial charge in [-0.1, -0.05) is 23.4 Å². The molecular formula is C20H24N6. The molecule has 0 bridgehead atoms. The molecule has 26 heavy (non-hydrogen) atoms. The maximum Gasteiger partial charge on any atom is 0.155 e. The zero-order valence-corrected chi connectivity index (χ0v) is 15.0. The molecule has 6 heteroatoms. The van der Waals surface area contributed by atoms with Crippen molar-refractivity contribution in [3.8, 4) is 5.82 Å². The normalized spacial score (nSPS) is 15.9. The SMILES string of the molecule is CNc1cccc(C2CCN(Cc3cn(-c4ccccn4)nn3)CC2)c1. The number of benzene rings is 1. The second-order valence-electron chi connectivity index (χ2n) is 6.77. The first kappa shape index (κ1) is 16.7. The van der Waals surface area contributed by atoms with E-state index in [4.69, 9.17) is 0 Å². The Morgan fingerprint density at radius 1 is 1.12 bits per heavy atom. The minimum Gasteiger partial charge on any atom is -0.388 e. The zero-order chi connectivity index (χ0) is 17.8. The summed E-state index contributed by atoms with van der Waals surface area (Å²) in [5, 5.41) is 11.7. The summed E-state index contributed by atoms with van der Waals surface area (Å²) in [5.74, 6) is 1.44. The molecule has 1 N–H and O–H groups in total. The largest absolute Gasteiger partial charge is 0.388 e. The van der Waals surface area contributed by atoms with Crippen LogP contribution in [0.1, 0.15) is 30.0 Å². The van der Waals surface area contributed by atoms with Gasteiger partial charge < -0.3 is 5.32 Å². The monoisotopic (exact) mass is 348 g/mol. The van der Waals surface area contributed by atoms with Crippen LogP contribution in [0, 0.1) is 0 Å². The second-order valence-corrected chi connectivity index (χ2v) is 6.77. The van der Waals surface area contributed by atoms with Crippen molar-refractivity contribution in [2.45, 2.75) is 25.3 Å². The predicted octanol–water partition coefficient (Wildman–Crippen LogP) is 3.08. The summed E-state index contributed by atoms with van der Waals surface area (Å²) in [5.41, 5.74) is 3.62. The molecule has 2 aromatic heterocycles. The Balaban J connectivity index is 1.35. The van der Waals surface area contributed by atoms with E-state index < -0.39 is 0 Å². The van der Waals surface area contributed by atoms with Crippen LogP contribution in [0.4, 0.5) is 5.69 Å². The molecule has 3 heterocycles. The molecule has 0 aliphatic carbocycles. The Morgan fingerprint density at radius 3 is 2.77 bits per heavy atom. The first-order valence-electron chi connectivity index (χ1n) is 9.14. The topological polar surface area (TPSA) is 58.9 Å². The van der Waals surface area contributed by atoms with Crippen LogP contribution in [-0.4, -0.2) is 45.0 Å². The highest BCUT2D eigenvalue weighted by atomic mass is 15.4. The number of anilines is 1. The number of likely N-dealkylation sites (tertiary alicyclic amines) is 1. The first-order chi connectivity index (χ1) is 12.8. The Morgan fingerprint density at radius 2 is 2.00 bits per heavy atom. The zero-order valence-electron chi connectivity index (χ0n) is 15.0. The van der Waals surface area contributed by atoms with Gasteiger partial charge in [-0.3, -0.25) is 4.90 Å². The second kappa shape index (κ2) is 7.66. The average Bonchev–Trinajstić information content (AvgIpc) is 3.18. The van der Waals surface area contributed by atoms with Gasteiger partial charge in [0.25, 0.3) is 0 Å². The fraction of sp³-hybridized carbons (Fsp3) is 0.350. The summed E-state index contributed by atoms with van der Waals surface area (Å²) in [6.07, 6.45) is 6.11.